The molecule has 5 nitrogen and oxygen atoms in total. The van der Waals surface area contributed by atoms with Crippen LogP contribution in [0.3, 0.4) is 0 Å². The molecule has 1 heterocycles. The Labute approximate surface area is 172 Å². The van der Waals surface area contributed by atoms with Crippen LogP contribution < -0.4 is 10.1 Å². The third-order valence-electron chi connectivity index (χ3n) is 4.99. The molecule has 162 valence electrons. The number of para-hydroxylation sites is 1. The average molecular weight is 425 g/mol. The molecular weight excluding hydrogens is 402 g/mol. The van der Waals surface area contributed by atoms with Gasteiger partial charge in [-0.05, 0) is 36.4 Å². The van der Waals surface area contributed by atoms with Crippen molar-refractivity contribution in [1.29, 1.82) is 0 Å². The molecule has 0 bridgehead atoms. The maximum absolute atomic E-state index is 14.5. The van der Waals surface area contributed by atoms with E-state index in [2.05, 4.69) is 10.2 Å². The first-order chi connectivity index (χ1) is 14.3. The lowest BCUT2D eigenvalue weighted by Crippen LogP contribution is -2.45. The van der Waals surface area contributed by atoms with E-state index in [-0.39, 0.29) is 17.9 Å². The predicted octanol–water partition coefficient (Wildman–Crippen LogP) is 4.59. The number of rotatable bonds is 5. The van der Waals surface area contributed by atoms with Crippen molar-refractivity contribution in [3.05, 3.63) is 59.4 Å². The van der Waals surface area contributed by atoms with Crippen LogP contribution in [0.1, 0.15) is 18.1 Å². The molecule has 0 saturated carbocycles. The van der Waals surface area contributed by atoms with Crippen molar-refractivity contribution in [3.8, 4) is 5.75 Å². The molecule has 1 saturated heterocycles. The zero-order valence-electron chi connectivity index (χ0n) is 16.5. The van der Waals surface area contributed by atoms with Crippen LogP contribution in [-0.2, 0) is 12.7 Å². The predicted molar refractivity (Wildman–Crippen MR) is 105 cm³/mol. The van der Waals surface area contributed by atoms with Crippen LogP contribution in [0, 0.1) is 5.82 Å². The van der Waals surface area contributed by atoms with Crippen molar-refractivity contribution in [2.75, 3.05) is 38.0 Å². The quantitative estimate of drug-likeness (QED) is 0.712. The first-order valence-electron chi connectivity index (χ1n) is 9.64. The molecule has 2 aromatic rings. The fourth-order valence-corrected chi connectivity index (χ4v) is 3.34. The Morgan fingerprint density at radius 3 is 2.30 bits per heavy atom. The minimum Gasteiger partial charge on any atom is -0.410 e. The molecule has 1 amide bonds. The summed E-state index contributed by atoms with van der Waals surface area (Å²) in [7, 11) is 0. The maximum Gasteiger partial charge on any atom is 0.417 e. The molecule has 0 spiro atoms. The minimum atomic E-state index is -4.69. The number of carbonyl (C=O) groups is 1. The summed E-state index contributed by atoms with van der Waals surface area (Å²) in [6.07, 6.45) is -5.76. The lowest BCUT2D eigenvalue weighted by molar-refractivity contribution is -0.138. The van der Waals surface area contributed by atoms with Gasteiger partial charge in [0.15, 0.2) is 0 Å². The van der Waals surface area contributed by atoms with Crippen LogP contribution in [0.15, 0.2) is 42.5 Å². The topological polar surface area (TPSA) is 44.8 Å². The summed E-state index contributed by atoms with van der Waals surface area (Å²) in [5.74, 6) is -0.760. The van der Waals surface area contributed by atoms with Crippen molar-refractivity contribution in [2.45, 2.75) is 19.6 Å². The lowest BCUT2D eigenvalue weighted by Gasteiger charge is -2.34. The van der Waals surface area contributed by atoms with E-state index in [0.29, 0.717) is 19.2 Å². The Hall–Kier alpha value is -2.65. The van der Waals surface area contributed by atoms with E-state index in [1.54, 1.807) is 18.2 Å². The molecule has 1 aliphatic heterocycles. The molecule has 0 atom stereocenters. The second kappa shape index (κ2) is 9.44. The molecule has 0 aliphatic carbocycles. The van der Waals surface area contributed by atoms with E-state index in [4.69, 9.17) is 4.74 Å². The third-order valence-corrected chi connectivity index (χ3v) is 4.99. The SMILES string of the molecule is CCN1CCN(Cc2cc(F)c(NC(=O)Oc3ccccc3)cc2C(F)(F)F)CC1. The highest BCUT2D eigenvalue weighted by atomic mass is 19.4. The fraction of sp³-hybridized carbons (Fsp3) is 0.381. The smallest absolute Gasteiger partial charge is 0.410 e. The molecule has 30 heavy (non-hydrogen) atoms. The first-order valence-corrected chi connectivity index (χ1v) is 9.64. The summed E-state index contributed by atoms with van der Waals surface area (Å²) >= 11 is 0. The van der Waals surface area contributed by atoms with Gasteiger partial charge in [-0.15, -0.1) is 0 Å². The monoisotopic (exact) mass is 425 g/mol. The number of nitrogens with zero attached hydrogens (tertiary/aromatic N) is 2. The highest BCUT2D eigenvalue weighted by Gasteiger charge is 2.35. The van der Waals surface area contributed by atoms with Crippen molar-refractivity contribution in [3.63, 3.8) is 0 Å². The zero-order valence-corrected chi connectivity index (χ0v) is 16.5. The fourth-order valence-electron chi connectivity index (χ4n) is 3.34. The number of ether oxygens (including phenoxy) is 1. The van der Waals surface area contributed by atoms with Crippen LogP contribution in [0.25, 0.3) is 0 Å². The van der Waals surface area contributed by atoms with Crippen LogP contribution in [-0.4, -0.2) is 48.6 Å². The van der Waals surface area contributed by atoms with E-state index in [1.807, 2.05) is 11.8 Å². The first kappa shape index (κ1) is 22.0. The van der Waals surface area contributed by atoms with Gasteiger partial charge < -0.3 is 9.64 Å². The molecule has 2 aromatic carbocycles. The molecule has 0 unspecified atom stereocenters. The Morgan fingerprint density at radius 2 is 1.70 bits per heavy atom. The Kier molecular flexibility index (Phi) is 6.94. The highest BCUT2D eigenvalue weighted by molar-refractivity contribution is 5.86. The molecular formula is C21H23F4N3O2. The number of hydrogen-bond donors (Lipinski definition) is 1. The molecule has 1 fully saturated rings. The Bertz CT molecular complexity index is 867. The number of anilines is 1. The van der Waals surface area contributed by atoms with Crippen molar-refractivity contribution < 1.29 is 27.1 Å². The van der Waals surface area contributed by atoms with Crippen LogP contribution >= 0.6 is 0 Å². The molecule has 0 radical (unpaired) electrons. The summed E-state index contributed by atoms with van der Waals surface area (Å²) in [6.45, 7) is 5.62. The summed E-state index contributed by atoms with van der Waals surface area (Å²) in [5, 5.41) is 2.06. The van der Waals surface area contributed by atoms with Gasteiger partial charge in [0.25, 0.3) is 0 Å². The summed E-state index contributed by atoms with van der Waals surface area (Å²) in [4.78, 5) is 16.0. The Morgan fingerprint density at radius 1 is 1.07 bits per heavy atom. The number of amides is 1. The van der Waals surface area contributed by atoms with Gasteiger partial charge in [0.1, 0.15) is 11.6 Å². The van der Waals surface area contributed by atoms with E-state index in [0.717, 1.165) is 25.7 Å². The van der Waals surface area contributed by atoms with Gasteiger partial charge in [-0.1, -0.05) is 25.1 Å². The number of piperazine rings is 1. The highest BCUT2D eigenvalue weighted by Crippen LogP contribution is 2.36. The van der Waals surface area contributed by atoms with Crippen molar-refractivity contribution >= 4 is 11.8 Å². The standard InChI is InChI=1S/C21H23F4N3O2/c1-2-27-8-10-28(11-9-27)14-15-12-18(22)19(13-17(15)21(23,24)25)26-20(29)30-16-6-4-3-5-7-16/h3-7,12-13H,2,8-11,14H2,1H3,(H,26,29). The molecule has 0 aromatic heterocycles. The lowest BCUT2D eigenvalue weighted by atomic mass is 10.0. The third kappa shape index (κ3) is 5.70. The van der Waals surface area contributed by atoms with E-state index in [1.165, 1.54) is 12.1 Å². The number of likely N-dealkylation sites (N-methyl/N-ethyl adjacent to an activating group) is 1. The second-order valence-electron chi connectivity index (χ2n) is 7.02. The zero-order chi connectivity index (χ0) is 21.7. The molecule has 1 aliphatic rings. The molecule has 3 rings (SSSR count). The number of benzene rings is 2. The van der Waals surface area contributed by atoms with Gasteiger partial charge in [0.2, 0.25) is 0 Å². The number of alkyl halides is 3. The van der Waals surface area contributed by atoms with Crippen LogP contribution in [0.2, 0.25) is 0 Å². The van der Waals surface area contributed by atoms with Crippen molar-refractivity contribution in [1.82, 2.24) is 9.80 Å². The van der Waals surface area contributed by atoms with E-state index >= 15 is 0 Å². The van der Waals surface area contributed by atoms with Crippen molar-refractivity contribution in [2.24, 2.45) is 0 Å². The van der Waals surface area contributed by atoms with Gasteiger partial charge in [-0.25, -0.2) is 9.18 Å². The maximum atomic E-state index is 14.5. The Balaban J connectivity index is 1.77. The van der Waals surface area contributed by atoms with Gasteiger partial charge >= 0.3 is 12.3 Å². The average Bonchev–Trinajstić information content (AvgIpc) is 2.70. The summed E-state index contributed by atoms with van der Waals surface area (Å²) in [6, 6.07) is 9.42. The van der Waals surface area contributed by atoms with Gasteiger partial charge in [-0.3, -0.25) is 10.2 Å². The number of halogens is 4. The van der Waals surface area contributed by atoms with Crippen LogP contribution in [0.5, 0.6) is 5.75 Å². The summed E-state index contributed by atoms with van der Waals surface area (Å²) < 4.78 is 60.4. The second-order valence-corrected chi connectivity index (χ2v) is 7.02. The van der Waals surface area contributed by atoms with Gasteiger partial charge in [0, 0.05) is 32.7 Å². The molecule has 9 heteroatoms. The van der Waals surface area contributed by atoms with Gasteiger partial charge in [-0.2, -0.15) is 13.2 Å². The van der Waals surface area contributed by atoms with Gasteiger partial charge in [0.05, 0.1) is 11.3 Å². The number of carbonyl (C=O) groups excluding carboxylic acids is 1. The normalized spacial score (nSPS) is 15.8. The van der Waals surface area contributed by atoms with E-state index < -0.39 is 29.3 Å². The largest absolute Gasteiger partial charge is 0.417 e. The number of nitrogens with one attached hydrogen (secondary N) is 1. The number of hydrogen-bond acceptors (Lipinski definition) is 4. The van der Waals surface area contributed by atoms with Crippen LogP contribution in [0.4, 0.5) is 28.0 Å². The van der Waals surface area contributed by atoms with E-state index in [9.17, 15) is 22.4 Å². The molecule has 1 N–H and O–H groups in total. The summed E-state index contributed by atoms with van der Waals surface area (Å²) in [5.41, 5.74) is -1.72. The minimum absolute atomic E-state index is 0.0158.